The van der Waals surface area contributed by atoms with E-state index in [0.717, 1.165) is 62.4 Å². The van der Waals surface area contributed by atoms with Crippen molar-refractivity contribution in [3.8, 4) is 17.2 Å². The topological polar surface area (TPSA) is 51.2 Å². The summed E-state index contributed by atoms with van der Waals surface area (Å²) in [7, 11) is 7.22. The van der Waals surface area contributed by atoms with Crippen LogP contribution in [0.15, 0.2) is 30.3 Å². The highest BCUT2D eigenvalue weighted by Crippen LogP contribution is 2.32. The van der Waals surface area contributed by atoms with Crippen molar-refractivity contribution in [2.45, 2.75) is 44.6 Å². The van der Waals surface area contributed by atoms with Crippen LogP contribution >= 0.6 is 0 Å². The van der Waals surface area contributed by atoms with Gasteiger partial charge >= 0.3 is 0 Å². The van der Waals surface area contributed by atoms with Crippen LogP contribution in [0.2, 0.25) is 0 Å². The molecule has 2 aliphatic rings. The summed E-state index contributed by atoms with van der Waals surface area (Å²) in [4.78, 5) is 17.4. The summed E-state index contributed by atoms with van der Waals surface area (Å²) in [6.45, 7) is 2.53. The number of amides is 1. The third kappa shape index (κ3) is 5.27. The van der Waals surface area contributed by atoms with Crippen LogP contribution in [0.5, 0.6) is 17.2 Å². The summed E-state index contributed by atoms with van der Waals surface area (Å²) in [5, 5.41) is 0. The lowest BCUT2D eigenvalue weighted by Gasteiger charge is -2.33. The Kier molecular flexibility index (Phi) is 7.43. The lowest BCUT2D eigenvalue weighted by molar-refractivity contribution is -0.130. The smallest absolute Gasteiger partial charge is 0.227 e. The summed E-state index contributed by atoms with van der Waals surface area (Å²) >= 11 is 0. The van der Waals surface area contributed by atoms with Crippen molar-refractivity contribution in [3.63, 3.8) is 0 Å². The van der Waals surface area contributed by atoms with Crippen molar-refractivity contribution >= 4 is 5.91 Å². The average Bonchev–Trinajstić information content (AvgIpc) is 2.99. The van der Waals surface area contributed by atoms with Gasteiger partial charge in [0, 0.05) is 19.1 Å². The van der Waals surface area contributed by atoms with E-state index in [2.05, 4.69) is 30.1 Å². The molecule has 1 aliphatic carbocycles. The molecular formula is C27H36N2O4. The number of benzene rings is 2. The molecule has 0 spiro atoms. The van der Waals surface area contributed by atoms with Gasteiger partial charge in [-0.05, 0) is 92.2 Å². The predicted molar refractivity (Wildman–Crippen MR) is 130 cm³/mol. The van der Waals surface area contributed by atoms with Crippen molar-refractivity contribution in [2.75, 3.05) is 48.0 Å². The van der Waals surface area contributed by atoms with Crippen molar-refractivity contribution in [2.24, 2.45) is 0 Å². The molecule has 1 heterocycles. The fourth-order valence-corrected chi connectivity index (χ4v) is 5.16. The van der Waals surface area contributed by atoms with E-state index in [9.17, 15) is 4.79 Å². The highest BCUT2D eigenvalue weighted by atomic mass is 16.5. The highest BCUT2D eigenvalue weighted by Gasteiger charge is 2.24. The maximum atomic E-state index is 12.9. The number of nitrogens with zero attached hydrogens (tertiary/aromatic N) is 2. The van der Waals surface area contributed by atoms with Crippen LogP contribution in [-0.4, -0.2) is 69.8 Å². The molecule has 33 heavy (non-hydrogen) atoms. The van der Waals surface area contributed by atoms with Gasteiger partial charge in [0.15, 0.2) is 11.5 Å². The Morgan fingerprint density at radius 2 is 1.70 bits per heavy atom. The van der Waals surface area contributed by atoms with Gasteiger partial charge in [-0.25, -0.2) is 0 Å². The second-order valence-corrected chi connectivity index (χ2v) is 9.15. The summed E-state index contributed by atoms with van der Waals surface area (Å²) in [6.07, 6.45) is 5.60. The van der Waals surface area contributed by atoms with Crippen LogP contribution in [0.25, 0.3) is 0 Å². The summed E-state index contributed by atoms with van der Waals surface area (Å²) in [5.41, 5.74) is 5.08. The number of likely N-dealkylation sites (N-methyl/N-ethyl adjacent to an activating group) is 1. The van der Waals surface area contributed by atoms with Gasteiger partial charge in [-0.3, -0.25) is 4.79 Å². The molecule has 2 aromatic carbocycles. The molecule has 1 atom stereocenters. The first-order chi connectivity index (χ1) is 16.0. The third-order valence-corrected chi connectivity index (χ3v) is 7.23. The largest absolute Gasteiger partial charge is 0.497 e. The molecule has 6 heteroatoms. The predicted octanol–water partition coefficient (Wildman–Crippen LogP) is 3.52. The summed E-state index contributed by atoms with van der Waals surface area (Å²) in [6, 6.07) is 11.0. The number of methoxy groups -OCH3 is 3. The van der Waals surface area contributed by atoms with Crippen LogP contribution in [0.3, 0.4) is 0 Å². The second kappa shape index (κ2) is 10.5. The molecule has 0 bridgehead atoms. The number of fused-ring (bicyclic) bond motifs is 2. The van der Waals surface area contributed by atoms with Crippen LogP contribution in [-0.2, 0) is 30.5 Å². The van der Waals surface area contributed by atoms with Crippen molar-refractivity contribution < 1.29 is 19.0 Å². The molecular weight excluding hydrogens is 416 g/mol. The molecule has 4 rings (SSSR count). The van der Waals surface area contributed by atoms with Gasteiger partial charge in [0.25, 0.3) is 0 Å². The van der Waals surface area contributed by atoms with Crippen molar-refractivity contribution in [1.82, 2.24) is 9.80 Å². The SMILES string of the molecule is COc1ccc2c(c1)CC(N(C)CCCN1CCc3cc(OC)c(OC)cc3CC1=O)CC2. The zero-order valence-electron chi connectivity index (χ0n) is 20.4. The van der Waals surface area contributed by atoms with Gasteiger partial charge in [0.05, 0.1) is 27.8 Å². The van der Waals surface area contributed by atoms with Crippen molar-refractivity contribution in [3.05, 3.63) is 52.6 Å². The first kappa shape index (κ1) is 23.4. The van der Waals surface area contributed by atoms with Gasteiger partial charge in [-0.2, -0.15) is 0 Å². The van der Waals surface area contributed by atoms with E-state index in [1.807, 2.05) is 17.0 Å². The summed E-state index contributed by atoms with van der Waals surface area (Å²) < 4.78 is 16.3. The van der Waals surface area contributed by atoms with E-state index >= 15 is 0 Å². The standard InChI is InChI=1S/C27H36N2O4/c1-28(23-8-6-19-7-9-24(31-2)15-21(19)14-23)11-5-12-29-13-10-20-16-25(32-3)26(33-4)17-22(20)18-27(29)30/h7,9,15-17,23H,5-6,8,10-14,18H2,1-4H3. The van der Waals surface area contributed by atoms with Gasteiger partial charge in [0.1, 0.15) is 5.75 Å². The van der Waals surface area contributed by atoms with E-state index in [-0.39, 0.29) is 5.91 Å². The van der Waals surface area contributed by atoms with Gasteiger partial charge in [-0.1, -0.05) is 6.07 Å². The lowest BCUT2D eigenvalue weighted by Crippen LogP contribution is -2.39. The fraction of sp³-hybridized carbons (Fsp3) is 0.519. The Morgan fingerprint density at radius 1 is 0.939 bits per heavy atom. The molecule has 0 aromatic heterocycles. The normalized spacial score (nSPS) is 17.9. The molecule has 0 N–H and O–H groups in total. The number of carbonyl (C=O) groups excluding carboxylic acids is 1. The maximum absolute atomic E-state index is 12.9. The molecule has 1 aliphatic heterocycles. The van der Waals surface area contributed by atoms with Gasteiger partial charge in [0.2, 0.25) is 5.91 Å². The third-order valence-electron chi connectivity index (χ3n) is 7.23. The molecule has 2 aromatic rings. The molecule has 0 saturated carbocycles. The Morgan fingerprint density at radius 3 is 2.42 bits per heavy atom. The van der Waals surface area contributed by atoms with Crippen LogP contribution < -0.4 is 14.2 Å². The minimum absolute atomic E-state index is 0.197. The quantitative estimate of drug-likeness (QED) is 0.614. The molecule has 6 nitrogen and oxygen atoms in total. The van der Waals surface area contributed by atoms with Gasteiger partial charge < -0.3 is 24.0 Å². The van der Waals surface area contributed by atoms with Crippen molar-refractivity contribution in [1.29, 1.82) is 0 Å². The second-order valence-electron chi connectivity index (χ2n) is 9.15. The van der Waals surface area contributed by atoms with E-state index in [1.165, 1.54) is 23.1 Å². The van der Waals surface area contributed by atoms with E-state index in [1.54, 1.807) is 21.3 Å². The number of ether oxygens (including phenoxy) is 3. The average molecular weight is 453 g/mol. The van der Waals surface area contributed by atoms with E-state index in [0.29, 0.717) is 18.2 Å². The molecule has 0 fully saturated rings. The Balaban J connectivity index is 1.31. The number of hydrogen-bond donors (Lipinski definition) is 0. The number of aryl methyl sites for hydroxylation is 1. The molecule has 1 amide bonds. The molecule has 1 unspecified atom stereocenters. The van der Waals surface area contributed by atoms with E-state index in [4.69, 9.17) is 14.2 Å². The zero-order chi connectivity index (χ0) is 23.4. The first-order valence-electron chi connectivity index (χ1n) is 11.9. The Hall–Kier alpha value is -2.73. The lowest BCUT2D eigenvalue weighted by atomic mass is 9.87. The minimum Gasteiger partial charge on any atom is -0.497 e. The summed E-state index contributed by atoms with van der Waals surface area (Å²) in [5.74, 6) is 2.55. The molecule has 0 radical (unpaired) electrons. The van der Waals surface area contributed by atoms with Crippen LogP contribution in [0.1, 0.15) is 35.1 Å². The monoisotopic (exact) mass is 452 g/mol. The Labute approximate surface area is 197 Å². The molecule has 178 valence electrons. The van der Waals surface area contributed by atoms with Crippen LogP contribution in [0, 0.1) is 0 Å². The Bertz CT molecular complexity index is 990. The van der Waals surface area contributed by atoms with E-state index < -0.39 is 0 Å². The minimum atomic E-state index is 0.197. The molecule has 0 saturated heterocycles. The number of carbonyl (C=O) groups is 1. The zero-order valence-corrected chi connectivity index (χ0v) is 20.4. The van der Waals surface area contributed by atoms with Crippen LogP contribution in [0.4, 0.5) is 0 Å². The highest BCUT2D eigenvalue weighted by molar-refractivity contribution is 5.80. The fourth-order valence-electron chi connectivity index (χ4n) is 5.16. The van der Waals surface area contributed by atoms with Gasteiger partial charge in [-0.15, -0.1) is 0 Å². The maximum Gasteiger partial charge on any atom is 0.227 e. The number of hydrogen-bond acceptors (Lipinski definition) is 5. The first-order valence-corrected chi connectivity index (χ1v) is 11.9. The number of rotatable bonds is 8.